The zero-order valence-corrected chi connectivity index (χ0v) is 11.6. The largest absolute Gasteiger partial charge is 0.364 e. The van der Waals surface area contributed by atoms with Gasteiger partial charge in [0.2, 0.25) is 0 Å². The number of hydrogen-bond donors (Lipinski definition) is 1. The molecule has 0 aliphatic heterocycles. The van der Waals surface area contributed by atoms with E-state index >= 15 is 0 Å². The number of anilines is 1. The predicted octanol–water partition coefficient (Wildman–Crippen LogP) is 3.02. The molecule has 5 heteroatoms. The van der Waals surface area contributed by atoms with Crippen LogP contribution in [0.4, 0.5) is 5.82 Å². The summed E-state index contributed by atoms with van der Waals surface area (Å²) < 4.78 is 1.95. The molecule has 0 aliphatic rings. The van der Waals surface area contributed by atoms with Crippen LogP contribution < -0.4 is 5.32 Å². The minimum Gasteiger partial charge on any atom is -0.364 e. The smallest absolute Gasteiger partial charge is 0.137 e. The van der Waals surface area contributed by atoms with E-state index in [0.717, 1.165) is 22.4 Å². The Morgan fingerprint density at radius 1 is 1.15 bits per heavy atom. The van der Waals surface area contributed by atoms with Crippen molar-refractivity contribution in [1.29, 1.82) is 0 Å². The lowest BCUT2D eigenvalue weighted by Gasteiger charge is -2.07. The highest BCUT2D eigenvalue weighted by molar-refractivity contribution is 5.88. The Balaban J connectivity index is 1.79. The van der Waals surface area contributed by atoms with Gasteiger partial charge in [-0.25, -0.2) is 9.97 Å². The van der Waals surface area contributed by atoms with E-state index in [-0.39, 0.29) is 0 Å². The lowest BCUT2D eigenvalue weighted by Crippen LogP contribution is -2.06. The Bertz CT molecular complexity index is 712. The van der Waals surface area contributed by atoms with Crippen molar-refractivity contribution < 1.29 is 0 Å². The van der Waals surface area contributed by atoms with Crippen LogP contribution in [0.2, 0.25) is 0 Å². The number of fused-ring (bicyclic) bond motifs is 1. The van der Waals surface area contributed by atoms with Crippen molar-refractivity contribution in [3.8, 4) is 0 Å². The van der Waals surface area contributed by atoms with E-state index in [4.69, 9.17) is 0 Å². The maximum atomic E-state index is 4.52. The molecule has 0 saturated carbocycles. The monoisotopic (exact) mass is 267 g/mol. The van der Waals surface area contributed by atoms with Gasteiger partial charge < -0.3 is 5.32 Å². The SMILES string of the molecule is CC(C)n1ccc(CNc2ncnc3ccccc23)n1. The molecule has 0 unspecified atom stereocenters. The lowest BCUT2D eigenvalue weighted by molar-refractivity contribution is 0.527. The van der Waals surface area contributed by atoms with Gasteiger partial charge in [0, 0.05) is 17.6 Å². The van der Waals surface area contributed by atoms with Crippen molar-refractivity contribution in [1.82, 2.24) is 19.7 Å². The van der Waals surface area contributed by atoms with Crippen LogP contribution in [-0.4, -0.2) is 19.7 Å². The summed E-state index contributed by atoms with van der Waals surface area (Å²) in [6.45, 7) is 4.88. The third-order valence-electron chi connectivity index (χ3n) is 3.17. The van der Waals surface area contributed by atoms with Crippen LogP contribution in [0, 0.1) is 0 Å². The van der Waals surface area contributed by atoms with Gasteiger partial charge in [0.05, 0.1) is 17.8 Å². The molecule has 1 aromatic carbocycles. The molecule has 102 valence electrons. The molecule has 0 radical (unpaired) electrons. The Labute approximate surface area is 117 Å². The predicted molar refractivity (Wildman–Crippen MR) is 79.5 cm³/mol. The van der Waals surface area contributed by atoms with E-state index in [1.54, 1.807) is 6.33 Å². The highest BCUT2D eigenvalue weighted by Gasteiger charge is 2.05. The van der Waals surface area contributed by atoms with Crippen molar-refractivity contribution in [3.63, 3.8) is 0 Å². The van der Waals surface area contributed by atoms with Crippen molar-refractivity contribution >= 4 is 16.7 Å². The number of rotatable bonds is 4. The second-order valence-corrected chi connectivity index (χ2v) is 4.97. The standard InChI is InChI=1S/C15H17N5/c1-11(2)20-8-7-12(19-20)9-16-15-13-5-3-4-6-14(13)17-10-18-15/h3-8,10-11H,9H2,1-2H3,(H,16,17,18). The van der Waals surface area contributed by atoms with Gasteiger partial charge in [0.1, 0.15) is 12.1 Å². The van der Waals surface area contributed by atoms with E-state index in [1.165, 1.54) is 0 Å². The highest BCUT2D eigenvalue weighted by atomic mass is 15.3. The zero-order chi connectivity index (χ0) is 13.9. The van der Waals surface area contributed by atoms with Crippen molar-refractivity contribution in [3.05, 3.63) is 48.5 Å². The summed E-state index contributed by atoms with van der Waals surface area (Å²) >= 11 is 0. The van der Waals surface area contributed by atoms with E-state index in [2.05, 4.69) is 34.2 Å². The number of hydrogen-bond acceptors (Lipinski definition) is 4. The van der Waals surface area contributed by atoms with Gasteiger partial charge in [-0.2, -0.15) is 5.10 Å². The van der Waals surface area contributed by atoms with E-state index < -0.39 is 0 Å². The summed E-state index contributed by atoms with van der Waals surface area (Å²) in [6, 6.07) is 10.4. The molecule has 0 bridgehead atoms. The van der Waals surface area contributed by atoms with Gasteiger partial charge in [-0.05, 0) is 32.0 Å². The Hall–Kier alpha value is -2.43. The minimum absolute atomic E-state index is 0.378. The fourth-order valence-corrected chi connectivity index (χ4v) is 2.08. The Morgan fingerprint density at radius 3 is 2.80 bits per heavy atom. The second-order valence-electron chi connectivity index (χ2n) is 4.97. The number of nitrogens with one attached hydrogen (secondary N) is 1. The number of para-hydroxylation sites is 1. The van der Waals surface area contributed by atoms with Crippen LogP contribution in [0.25, 0.3) is 10.9 Å². The van der Waals surface area contributed by atoms with Crippen LogP contribution in [0.3, 0.4) is 0 Å². The van der Waals surface area contributed by atoms with Crippen molar-refractivity contribution in [2.75, 3.05) is 5.32 Å². The molecule has 2 aromatic heterocycles. The minimum atomic E-state index is 0.378. The summed E-state index contributed by atoms with van der Waals surface area (Å²) in [5.41, 5.74) is 1.94. The maximum absolute atomic E-state index is 4.52. The van der Waals surface area contributed by atoms with Crippen molar-refractivity contribution in [2.45, 2.75) is 26.4 Å². The fraction of sp³-hybridized carbons (Fsp3) is 0.267. The number of benzene rings is 1. The molecule has 20 heavy (non-hydrogen) atoms. The summed E-state index contributed by atoms with van der Waals surface area (Å²) in [7, 11) is 0. The first-order chi connectivity index (χ1) is 9.74. The van der Waals surface area contributed by atoms with Gasteiger partial charge in [-0.3, -0.25) is 4.68 Å². The Kier molecular flexibility index (Phi) is 3.33. The second kappa shape index (κ2) is 5.28. The molecular weight excluding hydrogens is 250 g/mol. The third kappa shape index (κ3) is 2.47. The summed E-state index contributed by atoms with van der Waals surface area (Å²) in [5, 5.41) is 8.87. The van der Waals surface area contributed by atoms with Crippen LogP contribution in [0.1, 0.15) is 25.6 Å². The highest BCUT2D eigenvalue weighted by Crippen LogP contribution is 2.18. The first-order valence-electron chi connectivity index (χ1n) is 6.71. The average molecular weight is 267 g/mol. The Morgan fingerprint density at radius 2 is 2.00 bits per heavy atom. The number of aromatic nitrogens is 4. The van der Waals surface area contributed by atoms with Crippen LogP contribution in [0.15, 0.2) is 42.9 Å². The van der Waals surface area contributed by atoms with Gasteiger partial charge in [-0.1, -0.05) is 12.1 Å². The van der Waals surface area contributed by atoms with E-state index in [0.29, 0.717) is 12.6 Å². The van der Waals surface area contributed by atoms with Crippen LogP contribution in [0.5, 0.6) is 0 Å². The normalized spacial score (nSPS) is 11.2. The molecule has 0 fully saturated rings. The molecule has 0 spiro atoms. The van der Waals surface area contributed by atoms with E-state index in [1.807, 2.05) is 41.2 Å². The molecule has 1 N–H and O–H groups in total. The molecule has 3 aromatic rings. The molecule has 0 aliphatic carbocycles. The third-order valence-corrected chi connectivity index (χ3v) is 3.17. The molecule has 3 rings (SSSR count). The van der Waals surface area contributed by atoms with Crippen LogP contribution >= 0.6 is 0 Å². The first-order valence-corrected chi connectivity index (χ1v) is 6.71. The quantitative estimate of drug-likeness (QED) is 0.789. The topological polar surface area (TPSA) is 55.6 Å². The van der Waals surface area contributed by atoms with Gasteiger partial charge in [0.25, 0.3) is 0 Å². The fourth-order valence-electron chi connectivity index (χ4n) is 2.08. The number of nitrogens with zero attached hydrogens (tertiary/aromatic N) is 4. The average Bonchev–Trinajstić information content (AvgIpc) is 2.94. The molecule has 5 nitrogen and oxygen atoms in total. The first kappa shape index (κ1) is 12.6. The summed E-state index contributed by atoms with van der Waals surface area (Å²) in [5.74, 6) is 0.842. The molecular formula is C15H17N5. The summed E-state index contributed by atoms with van der Waals surface area (Å²) in [4.78, 5) is 8.56. The van der Waals surface area contributed by atoms with E-state index in [9.17, 15) is 0 Å². The van der Waals surface area contributed by atoms with Gasteiger partial charge in [-0.15, -0.1) is 0 Å². The zero-order valence-electron chi connectivity index (χ0n) is 11.6. The van der Waals surface area contributed by atoms with Crippen LogP contribution in [-0.2, 0) is 6.54 Å². The summed E-state index contributed by atoms with van der Waals surface area (Å²) in [6.07, 6.45) is 3.58. The van der Waals surface area contributed by atoms with Gasteiger partial charge >= 0.3 is 0 Å². The lowest BCUT2D eigenvalue weighted by atomic mass is 10.2. The molecule has 2 heterocycles. The van der Waals surface area contributed by atoms with Crippen molar-refractivity contribution in [2.24, 2.45) is 0 Å². The molecule has 0 atom stereocenters. The molecule has 0 saturated heterocycles. The van der Waals surface area contributed by atoms with Gasteiger partial charge in [0.15, 0.2) is 0 Å². The molecule has 0 amide bonds. The maximum Gasteiger partial charge on any atom is 0.137 e.